The zero-order chi connectivity index (χ0) is 13.5. The van der Waals surface area contributed by atoms with Gasteiger partial charge in [-0.05, 0) is 13.3 Å². The molecule has 0 aromatic carbocycles. The maximum Gasteiger partial charge on any atom is 0.323 e. The second kappa shape index (κ2) is 6.95. The summed E-state index contributed by atoms with van der Waals surface area (Å²) in [6.07, 6.45) is 0.434. The summed E-state index contributed by atoms with van der Waals surface area (Å²) in [7, 11) is 3.54. The largest absolute Gasteiger partial charge is 0.463 e. The molecule has 1 aromatic rings. The van der Waals surface area contributed by atoms with Crippen LogP contribution in [0.5, 0.6) is 6.01 Å². The van der Waals surface area contributed by atoms with Crippen LogP contribution in [0.25, 0.3) is 0 Å². The highest BCUT2D eigenvalue weighted by Gasteiger charge is 2.12. The van der Waals surface area contributed by atoms with Crippen LogP contribution in [0, 0.1) is 0 Å². The zero-order valence-electron chi connectivity index (χ0n) is 11.3. The van der Waals surface area contributed by atoms with Crippen molar-refractivity contribution in [2.45, 2.75) is 26.4 Å². The van der Waals surface area contributed by atoms with Crippen molar-refractivity contribution >= 4 is 11.9 Å². The lowest BCUT2D eigenvalue weighted by Crippen LogP contribution is -2.29. The number of aliphatic hydroxyl groups excluding tert-OH is 1. The number of ether oxygens (including phenoxy) is 1. The number of rotatable bonds is 7. The second-order valence-corrected chi connectivity index (χ2v) is 4.07. The van der Waals surface area contributed by atoms with E-state index in [-0.39, 0.29) is 0 Å². The van der Waals surface area contributed by atoms with Gasteiger partial charge in [-0.2, -0.15) is 15.0 Å². The molecule has 0 bridgehead atoms. The molecule has 0 radical (unpaired) electrons. The minimum Gasteiger partial charge on any atom is -0.463 e. The van der Waals surface area contributed by atoms with Crippen LogP contribution in [0.2, 0.25) is 0 Å². The average Bonchev–Trinajstić information content (AvgIpc) is 2.35. The molecule has 0 fully saturated rings. The van der Waals surface area contributed by atoms with Crippen molar-refractivity contribution in [3.05, 3.63) is 0 Å². The first-order valence-corrected chi connectivity index (χ1v) is 6.02. The number of nitrogens with one attached hydrogen (secondary N) is 1. The fourth-order valence-corrected chi connectivity index (χ4v) is 1.36. The van der Waals surface area contributed by atoms with Gasteiger partial charge in [-0.25, -0.2) is 0 Å². The predicted octanol–water partition coefficient (Wildman–Crippen LogP) is 0.519. The van der Waals surface area contributed by atoms with E-state index in [9.17, 15) is 5.11 Å². The number of hydrogen-bond acceptors (Lipinski definition) is 7. The molecule has 1 rings (SSSR count). The van der Waals surface area contributed by atoms with Crippen LogP contribution in [0.15, 0.2) is 0 Å². The summed E-state index contributed by atoms with van der Waals surface area (Å²) in [5.74, 6) is 0.921. The number of hydrogen-bond donors (Lipinski definition) is 2. The van der Waals surface area contributed by atoms with Gasteiger partial charge in [0, 0.05) is 20.6 Å². The van der Waals surface area contributed by atoms with Gasteiger partial charge in [-0.15, -0.1) is 0 Å². The molecule has 1 atom stereocenters. The van der Waals surface area contributed by atoms with Crippen LogP contribution >= 0.6 is 0 Å². The van der Waals surface area contributed by atoms with Gasteiger partial charge in [-0.1, -0.05) is 6.92 Å². The number of likely N-dealkylation sites (N-methyl/N-ethyl adjacent to an activating group) is 1. The summed E-state index contributed by atoms with van der Waals surface area (Å²) >= 11 is 0. The Kier molecular flexibility index (Phi) is 5.57. The van der Waals surface area contributed by atoms with E-state index in [4.69, 9.17) is 4.74 Å². The third-order valence-electron chi connectivity index (χ3n) is 2.14. The molecule has 0 amide bonds. The fraction of sp³-hybridized carbons (Fsp3) is 0.727. The molecule has 1 aromatic heterocycles. The third-order valence-corrected chi connectivity index (χ3v) is 2.14. The van der Waals surface area contributed by atoms with Crippen molar-refractivity contribution in [2.75, 3.05) is 37.5 Å². The quantitative estimate of drug-likeness (QED) is 0.734. The smallest absolute Gasteiger partial charge is 0.323 e. The standard InChI is InChI=1S/C11H21N5O2/c1-5-6-18-11-14-9(12-3)13-10(15-11)16(4)7-8(2)17/h8,17H,5-7H2,1-4H3,(H,12,13,14,15). The van der Waals surface area contributed by atoms with Crippen molar-refractivity contribution < 1.29 is 9.84 Å². The van der Waals surface area contributed by atoms with Gasteiger partial charge in [0.05, 0.1) is 12.7 Å². The minimum absolute atomic E-state index is 0.295. The van der Waals surface area contributed by atoms with E-state index >= 15 is 0 Å². The lowest BCUT2D eigenvalue weighted by molar-refractivity contribution is 0.201. The van der Waals surface area contributed by atoms with Gasteiger partial charge in [0.15, 0.2) is 0 Å². The molecule has 0 spiro atoms. The summed E-state index contributed by atoms with van der Waals surface area (Å²) in [4.78, 5) is 14.3. The Balaban J connectivity index is 2.88. The van der Waals surface area contributed by atoms with E-state index in [1.165, 1.54) is 0 Å². The molecule has 0 aliphatic heterocycles. The average molecular weight is 255 g/mol. The highest BCUT2D eigenvalue weighted by molar-refractivity contribution is 5.37. The van der Waals surface area contributed by atoms with Crippen LogP contribution < -0.4 is 15.0 Å². The molecule has 0 aliphatic rings. The fourth-order valence-electron chi connectivity index (χ4n) is 1.36. The van der Waals surface area contributed by atoms with Crippen molar-refractivity contribution in [1.29, 1.82) is 0 Å². The molecular weight excluding hydrogens is 234 g/mol. The summed E-state index contributed by atoms with van der Waals surface area (Å²) < 4.78 is 5.40. The minimum atomic E-state index is -0.454. The Morgan fingerprint density at radius 2 is 2.11 bits per heavy atom. The first-order chi connectivity index (χ1) is 8.56. The topological polar surface area (TPSA) is 83.4 Å². The number of aromatic nitrogens is 3. The molecule has 102 valence electrons. The molecule has 7 heteroatoms. The van der Waals surface area contributed by atoms with Crippen molar-refractivity contribution in [2.24, 2.45) is 0 Å². The van der Waals surface area contributed by atoms with Gasteiger partial charge < -0.3 is 20.1 Å². The number of nitrogens with zero attached hydrogens (tertiary/aromatic N) is 4. The van der Waals surface area contributed by atoms with Crippen LogP contribution in [0.1, 0.15) is 20.3 Å². The van der Waals surface area contributed by atoms with Crippen LogP contribution in [0.4, 0.5) is 11.9 Å². The summed E-state index contributed by atoms with van der Waals surface area (Å²) in [5, 5.41) is 12.2. The molecule has 0 aliphatic carbocycles. The van der Waals surface area contributed by atoms with Gasteiger partial charge in [0.2, 0.25) is 11.9 Å². The Morgan fingerprint density at radius 1 is 1.39 bits per heavy atom. The van der Waals surface area contributed by atoms with Gasteiger partial charge in [0.1, 0.15) is 0 Å². The van der Waals surface area contributed by atoms with E-state index < -0.39 is 6.10 Å². The molecule has 18 heavy (non-hydrogen) atoms. The highest BCUT2D eigenvalue weighted by Crippen LogP contribution is 2.14. The Bertz CT molecular complexity index is 372. The normalized spacial score (nSPS) is 12.1. The van der Waals surface area contributed by atoms with Crippen LogP contribution in [0.3, 0.4) is 0 Å². The molecular formula is C11H21N5O2. The molecule has 7 nitrogen and oxygen atoms in total. The zero-order valence-corrected chi connectivity index (χ0v) is 11.3. The third kappa shape index (κ3) is 4.33. The maximum absolute atomic E-state index is 9.36. The van der Waals surface area contributed by atoms with E-state index in [2.05, 4.69) is 20.3 Å². The summed E-state index contributed by atoms with van der Waals surface area (Å²) in [6.45, 7) is 4.74. The second-order valence-electron chi connectivity index (χ2n) is 4.07. The predicted molar refractivity (Wildman–Crippen MR) is 70.1 cm³/mol. The van der Waals surface area contributed by atoms with Crippen molar-refractivity contribution in [1.82, 2.24) is 15.0 Å². The monoisotopic (exact) mass is 255 g/mol. The maximum atomic E-state index is 9.36. The first-order valence-electron chi connectivity index (χ1n) is 6.02. The lowest BCUT2D eigenvalue weighted by atomic mass is 10.4. The SMILES string of the molecule is CCCOc1nc(NC)nc(N(C)CC(C)O)n1. The summed E-state index contributed by atoms with van der Waals surface area (Å²) in [5.41, 5.74) is 0. The summed E-state index contributed by atoms with van der Waals surface area (Å²) in [6, 6.07) is 0.295. The van der Waals surface area contributed by atoms with Crippen LogP contribution in [-0.4, -0.2) is 53.4 Å². The van der Waals surface area contributed by atoms with Gasteiger partial charge in [0.25, 0.3) is 0 Å². The highest BCUT2D eigenvalue weighted by atomic mass is 16.5. The number of aliphatic hydroxyl groups is 1. The Hall–Kier alpha value is -1.63. The molecule has 1 unspecified atom stereocenters. The van der Waals surface area contributed by atoms with E-state index in [0.717, 1.165) is 6.42 Å². The van der Waals surface area contributed by atoms with E-state index in [0.29, 0.717) is 31.1 Å². The Morgan fingerprint density at radius 3 is 2.67 bits per heavy atom. The van der Waals surface area contributed by atoms with Gasteiger partial charge >= 0.3 is 6.01 Å². The molecule has 0 saturated heterocycles. The molecule has 2 N–H and O–H groups in total. The van der Waals surface area contributed by atoms with Crippen molar-refractivity contribution in [3.63, 3.8) is 0 Å². The number of anilines is 2. The van der Waals surface area contributed by atoms with Crippen LogP contribution in [-0.2, 0) is 0 Å². The van der Waals surface area contributed by atoms with Gasteiger partial charge in [-0.3, -0.25) is 0 Å². The Labute approximate surface area is 107 Å². The lowest BCUT2D eigenvalue weighted by Gasteiger charge is -2.19. The molecule has 0 saturated carbocycles. The molecule has 1 heterocycles. The first kappa shape index (κ1) is 14.4. The van der Waals surface area contributed by atoms with E-state index in [1.807, 2.05) is 14.0 Å². The van der Waals surface area contributed by atoms with Crippen molar-refractivity contribution in [3.8, 4) is 6.01 Å². The van der Waals surface area contributed by atoms with E-state index in [1.54, 1.807) is 18.9 Å².